The lowest BCUT2D eigenvalue weighted by molar-refractivity contribution is -0.168. The van der Waals surface area contributed by atoms with Crippen LogP contribution in [0.15, 0.2) is 58.1 Å². The molecule has 0 atom stereocenters. The summed E-state index contributed by atoms with van der Waals surface area (Å²) in [6.45, 7) is 13.4. The van der Waals surface area contributed by atoms with E-state index in [0.717, 1.165) is 9.46 Å². The molecule has 40 heavy (non-hydrogen) atoms. The maximum Gasteiger partial charge on any atom is 0.444 e. The molecule has 0 aliphatic heterocycles. The monoisotopic (exact) mass is 546 g/mol. The third-order valence-corrected chi connectivity index (χ3v) is 7.06. The molecule has 10 heteroatoms. The summed E-state index contributed by atoms with van der Waals surface area (Å²) < 4.78 is 1.67. The van der Waals surface area contributed by atoms with Gasteiger partial charge in [-0.3, -0.25) is 9.59 Å². The standard InChI is InChI=1S/C30H34N4O6/c1-7-31(8-2)23-17-21-15-11-13-19(5)25(21)33(27(23)35)39-29(37)30(38)40-34-26-20(6)14-12-16-22(26)18-24(28(34)36)32(9-3)10-4/h11-18H,7-10H2,1-6H3. The molecular formula is C30H34N4O6. The van der Waals surface area contributed by atoms with Gasteiger partial charge < -0.3 is 19.5 Å². The van der Waals surface area contributed by atoms with Gasteiger partial charge in [0, 0.05) is 37.0 Å². The molecule has 10 nitrogen and oxygen atoms in total. The zero-order valence-corrected chi connectivity index (χ0v) is 23.7. The van der Waals surface area contributed by atoms with Crippen molar-refractivity contribution in [3.63, 3.8) is 0 Å². The molecule has 2 heterocycles. The van der Waals surface area contributed by atoms with E-state index < -0.39 is 23.1 Å². The average Bonchev–Trinajstić information content (AvgIpc) is 2.94. The fourth-order valence-electron chi connectivity index (χ4n) is 4.98. The number of aromatic nitrogens is 2. The van der Waals surface area contributed by atoms with E-state index in [9.17, 15) is 19.2 Å². The topological polar surface area (TPSA) is 103 Å². The van der Waals surface area contributed by atoms with Crippen LogP contribution in [0.4, 0.5) is 11.4 Å². The fourth-order valence-corrected chi connectivity index (χ4v) is 4.98. The molecule has 0 bridgehead atoms. The number of para-hydroxylation sites is 2. The Morgan fingerprint density at radius 3 is 1.32 bits per heavy atom. The summed E-state index contributed by atoms with van der Waals surface area (Å²) in [5.41, 5.74) is 1.53. The molecular weight excluding hydrogens is 512 g/mol. The van der Waals surface area contributed by atoms with Crippen LogP contribution in [0.2, 0.25) is 0 Å². The third-order valence-electron chi connectivity index (χ3n) is 7.06. The second kappa shape index (κ2) is 11.6. The number of aryl methyl sites for hydroxylation is 2. The molecule has 0 unspecified atom stereocenters. The molecule has 0 fully saturated rings. The largest absolute Gasteiger partial charge is 0.444 e. The van der Waals surface area contributed by atoms with E-state index >= 15 is 0 Å². The van der Waals surface area contributed by atoms with Crippen LogP contribution < -0.4 is 30.6 Å². The van der Waals surface area contributed by atoms with Gasteiger partial charge in [0.2, 0.25) is 0 Å². The van der Waals surface area contributed by atoms with Crippen molar-refractivity contribution in [3.8, 4) is 0 Å². The van der Waals surface area contributed by atoms with E-state index in [0.29, 0.717) is 70.5 Å². The fraction of sp³-hybridized carbons (Fsp3) is 0.333. The van der Waals surface area contributed by atoms with E-state index in [1.54, 1.807) is 50.2 Å². The third kappa shape index (κ3) is 5.04. The number of hydrogen-bond donors (Lipinski definition) is 0. The van der Waals surface area contributed by atoms with Crippen molar-refractivity contribution in [2.45, 2.75) is 41.5 Å². The van der Waals surface area contributed by atoms with Crippen LogP contribution in [0, 0.1) is 13.8 Å². The highest BCUT2D eigenvalue weighted by atomic mass is 16.7. The van der Waals surface area contributed by atoms with Crippen LogP contribution in [-0.2, 0) is 9.59 Å². The number of nitrogens with zero attached hydrogens (tertiary/aromatic N) is 4. The van der Waals surface area contributed by atoms with Gasteiger partial charge in [0.15, 0.2) is 0 Å². The predicted molar refractivity (Wildman–Crippen MR) is 156 cm³/mol. The molecule has 0 N–H and O–H groups in total. The van der Waals surface area contributed by atoms with E-state index in [1.165, 1.54) is 0 Å². The van der Waals surface area contributed by atoms with Crippen molar-refractivity contribution in [1.29, 1.82) is 0 Å². The molecule has 0 saturated carbocycles. The Morgan fingerprint density at radius 2 is 1.00 bits per heavy atom. The maximum absolute atomic E-state index is 13.5. The number of rotatable bonds is 8. The highest BCUT2D eigenvalue weighted by molar-refractivity contribution is 6.30. The van der Waals surface area contributed by atoms with E-state index in [-0.39, 0.29) is 0 Å². The molecule has 210 valence electrons. The first-order valence-electron chi connectivity index (χ1n) is 13.4. The zero-order chi connectivity index (χ0) is 29.1. The van der Waals surface area contributed by atoms with Crippen molar-refractivity contribution >= 4 is 45.1 Å². The lowest BCUT2D eigenvalue weighted by Gasteiger charge is -2.23. The summed E-state index contributed by atoms with van der Waals surface area (Å²) in [7, 11) is 0. The van der Waals surface area contributed by atoms with Gasteiger partial charge in [-0.2, -0.15) is 0 Å². The van der Waals surface area contributed by atoms with Crippen molar-refractivity contribution < 1.29 is 19.3 Å². The Balaban J connectivity index is 1.80. The lowest BCUT2D eigenvalue weighted by Crippen LogP contribution is -2.43. The Morgan fingerprint density at radius 1 is 0.650 bits per heavy atom. The summed E-state index contributed by atoms with van der Waals surface area (Å²) in [5.74, 6) is -2.88. The van der Waals surface area contributed by atoms with Crippen LogP contribution >= 0.6 is 0 Å². The molecule has 0 amide bonds. The minimum Gasteiger partial charge on any atom is -0.368 e. The first kappa shape index (κ1) is 28.4. The predicted octanol–water partition coefficient (Wildman–Crippen LogP) is 3.24. The SMILES string of the molecule is CCN(CC)c1cc2cccc(C)c2n(OC(=O)C(=O)On2c(=O)c(N(CC)CC)cc3cccc(C)c32)c1=O. The molecule has 2 aromatic heterocycles. The van der Waals surface area contributed by atoms with Crippen molar-refractivity contribution in [2.24, 2.45) is 0 Å². The second-order valence-corrected chi connectivity index (χ2v) is 9.39. The van der Waals surface area contributed by atoms with Gasteiger partial charge >= 0.3 is 23.1 Å². The molecule has 4 rings (SSSR count). The first-order chi connectivity index (χ1) is 19.2. The van der Waals surface area contributed by atoms with Crippen LogP contribution in [0.3, 0.4) is 0 Å². The number of carbonyl (C=O) groups excluding carboxylic acids is 2. The van der Waals surface area contributed by atoms with Gasteiger partial charge in [0.1, 0.15) is 11.4 Å². The minimum atomic E-state index is -1.44. The number of fused-ring (bicyclic) bond motifs is 2. The van der Waals surface area contributed by atoms with Crippen LogP contribution in [0.1, 0.15) is 38.8 Å². The summed E-state index contributed by atoms with van der Waals surface area (Å²) in [6.07, 6.45) is 0. The van der Waals surface area contributed by atoms with Crippen LogP contribution in [0.5, 0.6) is 0 Å². The number of anilines is 2. The van der Waals surface area contributed by atoms with Gasteiger partial charge in [-0.25, -0.2) is 9.59 Å². The Hall–Kier alpha value is -4.60. The van der Waals surface area contributed by atoms with Crippen LogP contribution in [-0.4, -0.2) is 47.6 Å². The molecule has 4 aromatic rings. The maximum atomic E-state index is 13.5. The van der Waals surface area contributed by atoms with E-state index in [4.69, 9.17) is 9.68 Å². The van der Waals surface area contributed by atoms with E-state index in [1.807, 2.05) is 49.6 Å². The quantitative estimate of drug-likeness (QED) is 0.311. The number of pyridine rings is 2. The molecule has 0 aliphatic rings. The van der Waals surface area contributed by atoms with Gasteiger partial charge in [-0.1, -0.05) is 36.4 Å². The smallest absolute Gasteiger partial charge is 0.368 e. The highest BCUT2D eigenvalue weighted by Crippen LogP contribution is 2.22. The number of carbonyl (C=O) groups is 2. The van der Waals surface area contributed by atoms with Gasteiger partial charge in [0.25, 0.3) is 0 Å². The molecule has 0 spiro atoms. The second-order valence-electron chi connectivity index (χ2n) is 9.39. The van der Waals surface area contributed by atoms with Gasteiger partial charge in [-0.05, 0) is 64.8 Å². The van der Waals surface area contributed by atoms with Crippen molar-refractivity contribution in [2.75, 3.05) is 36.0 Å². The minimum absolute atomic E-state index is 0.328. The number of benzene rings is 2. The molecule has 2 aromatic carbocycles. The van der Waals surface area contributed by atoms with Crippen molar-refractivity contribution in [1.82, 2.24) is 9.46 Å². The van der Waals surface area contributed by atoms with Gasteiger partial charge in [-0.15, -0.1) is 9.46 Å². The Labute approximate surface area is 231 Å². The Bertz CT molecular complexity index is 1590. The average molecular weight is 547 g/mol. The molecule has 0 aliphatic carbocycles. The summed E-state index contributed by atoms with van der Waals surface area (Å²) in [6, 6.07) is 14.3. The first-order valence-corrected chi connectivity index (χ1v) is 13.4. The molecule has 0 saturated heterocycles. The van der Waals surface area contributed by atoms with Crippen LogP contribution in [0.25, 0.3) is 21.8 Å². The Kier molecular flexibility index (Phi) is 8.27. The normalized spacial score (nSPS) is 11.1. The highest BCUT2D eigenvalue weighted by Gasteiger charge is 2.26. The number of hydrogen-bond acceptors (Lipinski definition) is 8. The molecule has 0 radical (unpaired) electrons. The van der Waals surface area contributed by atoms with Gasteiger partial charge in [0.05, 0.1) is 11.0 Å². The zero-order valence-electron chi connectivity index (χ0n) is 23.7. The van der Waals surface area contributed by atoms with Crippen molar-refractivity contribution in [3.05, 3.63) is 80.4 Å². The summed E-state index contributed by atoms with van der Waals surface area (Å²) >= 11 is 0. The lowest BCUT2D eigenvalue weighted by atomic mass is 10.1. The van der Waals surface area contributed by atoms with E-state index in [2.05, 4.69) is 0 Å². The summed E-state index contributed by atoms with van der Waals surface area (Å²) in [5, 5.41) is 1.32. The summed E-state index contributed by atoms with van der Waals surface area (Å²) in [4.78, 5) is 67.7.